The number of nitrogens with zero attached hydrogens (tertiary/aromatic N) is 3. The summed E-state index contributed by atoms with van der Waals surface area (Å²) >= 11 is 0. The van der Waals surface area contributed by atoms with E-state index in [-0.39, 0.29) is 12.6 Å². The van der Waals surface area contributed by atoms with Crippen molar-refractivity contribution in [2.45, 2.75) is 19.6 Å². The van der Waals surface area contributed by atoms with Gasteiger partial charge in [-0.2, -0.15) is 5.10 Å². The molecular weight excluding hydrogens is 306 g/mol. The molecule has 0 saturated carbocycles. The highest BCUT2D eigenvalue weighted by Crippen LogP contribution is 2.05. The van der Waals surface area contributed by atoms with E-state index in [4.69, 9.17) is 5.11 Å². The first-order valence-electron chi connectivity index (χ1n) is 7.74. The fourth-order valence-corrected chi connectivity index (χ4v) is 2.38. The number of benzene rings is 1. The van der Waals surface area contributed by atoms with Gasteiger partial charge in [0, 0.05) is 18.8 Å². The number of fused-ring (bicyclic) bond motifs is 1. The summed E-state index contributed by atoms with van der Waals surface area (Å²) in [6, 6.07) is 11.1. The molecule has 0 aliphatic heterocycles. The lowest BCUT2D eigenvalue weighted by Crippen LogP contribution is -2.36. The number of rotatable bonds is 6. The highest BCUT2D eigenvalue weighted by Gasteiger charge is 2.04. The molecule has 3 aromatic rings. The predicted molar refractivity (Wildman–Crippen MR) is 89.3 cm³/mol. The lowest BCUT2D eigenvalue weighted by molar-refractivity contribution is 0.240. The average molecular weight is 325 g/mol. The van der Waals surface area contributed by atoms with Crippen LogP contribution in [0.15, 0.2) is 48.8 Å². The number of carbonyl (C=O) groups is 1. The maximum Gasteiger partial charge on any atom is 0.315 e. The minimum atomic E-state index is -0.223. The summed E-state index contributed by atoms with van der Waals surface area (Å²) in [7, 11) is 0. The summed E-state index contributed by atoms with van der Waals surface area (Å²) in [5.41, 5.74) is 3.60. The number of hydrogen-bond donors (Lipinski definition) is 3. The monoisotopic (exact) mass is 325 g/mol. The van der Waals surface area contributed by atoms with E-state index in [1.165, 1.54) is 0 Å². The highest BCUT2D eigenvalue weighted by atomic mass is 16.3. The van der Waals surface area contributed by atoms with E-state index in [9.17, 15) is 4.79 Å². The molecule has 0 aliphatic rings. The third-order valence-corrected chi connectivity index (χ3v) is 3.70. The summed E-state index contributed by atoms with van der Waals surface area (Å²) in [5, 5.41) is 18.8. The third kappa shape index (κ3) is 3.88. The van der Waals surface area contributed by atoms with Gasteiger partial charge in [-0.1, -0.05) is 24.3 Å². The maximum atomic E-state index is 11.9. The Balaban J connectivity index is 1.45. The third-order valence-electron chi connectivity index (χ3n) is 3.70. The molecule has 7 heteroatoms. The van der Waals surface area contributed by atoms with Gasteiger partial charge in [0.25, 0.3) is 0 Å². The van der Waals surface area contributed by atoms with Crippen molar-refractivity contribution >= 4 is 11.7 Å². The molecule has 24 heavy (non-hydrogen) atoms. The molecule has 0 bridgehead atoms. The van der Waals surface area contributed by atoms with Crippen molar-refractivity contribution in [1.82, 2.24) is 25.2 Å². The van der Waals surface area contributed by atoms with Crippen molar-refractivity contribution in [2.75, 3.05) is 6.54 Å². The van der Waals surface area contributed by atoms with Crippen LogP contribution in [0.5, 0.6) is 0 Å². The number of aliphatic hydroxyl groups is 1. The van der Waals surface area contributed by atoms with Crippen LogP contribution in [0.4, 0.5) is 4.79 Å². The minimum absolute atomic E-state index is 0.0411. The molecule has 124 valence electrons. The van der Waals surface area contributed by atoms with E-state index < -0.39 is 0 Å². The zero-order valence-corrected chi connectivity index (χ0v) is 13.1. The van der Waals surface area contributed by atoms with Gasteiger partial charge >= 0.3 is 6.03 Å². The van der Waals surface area contributed by atoms with Gasteiger partial charge in [-0.3, -0.25) is 0 Å². The van der Waals surface area contributed by atoms with Crippen LogP contribution < -0.4 is 10.6 Å². The molecule has 0 fully saturated rings. The van der Waals surface area contributed by atoms with Crippen LogP contribution in [-0.4, -0.2) is 32.3 Å². The SMILES string of the molecule is O=C(NCCc1ccc(CO)cc1)NCc1ccnc2ccnn12. The van der Waals surface area contributed by atoms with Gasteiger partial charge in [-0.05, 0) is 23.6 Å². The Kier molecular flexibility index (Phi) is 5.02. The number of amides is 2. The van der Waals surface area contributed by atoms with Crippen LogP contribution in [0, 0.1) is 0 Å². The van der Waals surface area contributed by atoms with Gasteiger partial charge in [0.05, 0.1) is 25.0 Å². The summed E-state index contributed by atoms with van der Waals surface area (Å²) in [4.78, 5) is 16.1. The fourth-order valence-electron chi connectivity index (χ4n) is 2.38. The van der Waals surface area contributed by atoms with Crippen LogP contribution in [0.1, 0.15) is 16.8 Å². The molecule has 2 amide bonds. The number of aromatic nitrogens is 3. The zero-order chi connectivity index (χ0) is 16.8. The van der Waals surface area contributed by atoms with Gasteiger partial charge in [0.1, 0.15) is 0 Å². The summed E-state index contributed by atoms with van der Waals surface area (Å²) in [5.74, 6) is 0. The Labute approximate surface area is 139 Å². The van der Waals surface area contributed by atoms with E-state index in [0.29, 0.717) is 13.1 Å². The molecule has 0 saturated heterocycles. The van der Waals surface area contributed by atoms with Crippen LogP contribution in [0.25, 0.3) is 5.65 Å². The first-order chi connectivity index (χ1) is 11.8. The fraction of sp³-hybridized carbons (Fsp3) is 0.235. The maximum absolute atomic E-state index is 11.9. The second-order valence-electron chi connectivity index (χ2n) is 5.37. The molecule has 7 nitrogen and oxygen atoms in total. The lowest BCUT2D eigenvalue weighted by Gasteiger charge is -2.09. The molecular formula is C17H19N5O2. The normalized spacial score (nSPS) is 10.7. The number of nitrogens with one attached hydrogen (secondary N) is 2. The van der Waals surface area contributed by atoms with E-state index in [2.05, 4.69) is 20.7 Å². The molecule has 2 heterocycles. The number of carbonyl (C=O) groups excluding carboxylic acids is 1. The van der Waals surface area contributed by atoms with Crippen LogP contribution in [0.3, 0.4) is 0 Å². The Bertz CT molecular complexity index is 813. The number of urea groups is 1. The molecule has 3 N–H and O–H groups in total. The first-order valence-corrected chi connectivity index (χ1v) is 7.74. The van der Waals surface area contributed by atoms with E-state index in [1.807, 2.05) is 36.4 Å². The topological polar surface area (TPSA) is 91.5 Å². The predicted octanol–water partition coefficient (Wildman–Crippen LogP) is 1.26. The van der Waals surface area contributed by atoms with Gasteiger partial charge in [-0.15, -0.1) is 0 Å². The Hall–Kier alpha value is -2.93. The van der Waals surface area contributed by atoms with Crippen molar-refractivity contribution in [3.05, 3.63) is 65.6 Å². The molecule has 0 unspecified atom stereocenters. The quantitative estimate of drug-likeness (QED) is 0.636. The Morgan fingerprint density at radius 3 is 2.62 bits per heavy atom. The van der Waals surface area contributed by atoms with Crippen LogP contribution in [-0.2, 0) is 19.6 Å². The van der Waals surface area contributed by atoms with Crippen molar-refractivity contribution in [1.29, 1.82) is 0 Å². The zero-order valence-electron chi connectivity index (χ0n) is 13.1. The van der Waals surface area contributed by atoms with Crippen molar-refractivity contribution < 1.29 is 9.90 Å². The van der Waals surface area contributed by atoms with Crippen molar-refractivity contribution in [3.63, 3.8) is 0 Å². The largest absolute Gasteiger partial charge is 0.392 e. The molecule has 0 radical (unpaired) electrons. The molecule has 0 aliphatic carbocycles. The van der Waals surface area contributed by atoms with E-state index >= 15 is 0 Å². The first kappa shape index (κ1) is 15.9. The van der Waals surface area contributed by atoms with Gasteiger partial charge in [-0.25, -0.2) is 14.3 Å². The number of hydrogen-bond acceptors (Lipinski definition) is 4. The van der Waals surface area contributed by atoms with Gasteiger partial charge in [0.2, 0.25) is 0 Å². The van der Waals surface area contributed by atoms with Crippen molar-refractivity contribution in [2.24, 2.45) is 0 Å². The van der Waals surface area contributed by atoms with E-state index in [0.717, 1.165) is 28.9 Å². The van der Waals surface area contributed by atoms with E-state index in [1.54, 1.807) is 16.9 Å². The summed E-state index contributed by atoms with van der Waals surface area (Å²) in [6.07, 6.45) is 4.10. The molecule has 3 rings (SSSR count). The second kappa shape index (κ2) is 7.56. The standard InChI is InChI=1S/C17H19N5O2/c23-12-14-3-1-13(2-4-14)5-8-19-17(24)20-11-15-6-9-18-16-7-10-21-22(15)16/h1-4,6-7,9-10,23H,5,8,11-12H2,(H2,19,20,24). The minimum Gasteiger partial charge on any atom is -0.392 e. The molecule has 0 spiro atoms. The highest BCUT2D eigenvalue weighted by molar-refractivity contribution is 5.73. The van der Waals surface area contributed by atoms with Crippen LogP contribution in [0.2, 0.25) is 0 Å². The van der Waals surface area contributed by atoms with Crippen LogP contribution >= 0.6 is 0 Å². The second-order valence-corrected chi connectivity index (χ2v) is 5.37. The summed E-state index contributed by atoms with van der Waals surface area (Å²) in [6.45, 7) is 0.953. The number of aliphatic hydroxyl groups excluding tert-OH is 1. The Morgan fingerprint density at radius 2 is 1.83 bits per heavy atom. The van der Waals surface area contributed by atoms with Gasteiger partial charge in [0.15, 0.2) is 5.65 Å². The van der Waals surface area contributed by atoms with Gasteiger partial charge < -0.3 is 15.7 Å². The molecule has 2 aromatic heterocycles. The Morgan fingerprint density at radius 1 is 1.04 bits per heavy atom. The average Bonchev–Trinajstić information content (AvgIpc) is 3.10. The smallest absolute Gasteiger partial charge is 0.315 e. The molecule has 0 atom stereocenters. The van der Waals surface area contributed by atoms with Crippen molar-refractivity contribution in [3.8, 4) is 0 Å². The summed E-state index contributed by atoms with van der Waals surface area (Å²) < 4.78 is 1.70. The molecule has 1 aromatic carbocycles. The lowest BCUT2D eigenvalue weighted by atomic mass is 10.1.